The maximum Gasteiger partial charge on any atom is 0.313 e. The van der Waals surface area contributed by atoms with Gasteiger partial charge in [0.05, 0.1) is 24.5 Å². The lowest BCUT2D eigenvalue weighted by molar-refractivity contribution is -0.160. The summed E-state index contributed by atoms with van der Waals surface area (Å²) in [5.41, 5.74) is 2.03. The van der Waals surface area contributed by atoms with Crippen LogP contribution < -0.4 is 10.2 Å². The number of aliphatic hydroxyl groups is 1. The highest BCUT2D eigenvalue weighted by Crippen LogP contribution is 2.59. The van der Waals surface area contributed by atoms with Gasteiger partial charge in [0.1, 0.15) is 17.7 Å². The number of anilines is 1. The molecule has 2 aromatic carbocycles. The van der Waals surface area contributed by atoms with Crippen molar-refractivity contribution < 1.29 is 33.8 Å². The summed E-state index contributed by atoms with van der Waals surface area (Å²) in [6.07, 6.45) is 3.90. The van der Waals surface area contributed by atoms with E-state index in [2.05, 4.69) is 18.5 Å². The van der Waals surface area contributed by atoms with Gasteiger partial charge in [0, 0.05) is 31.8 Å². The maximum atomic E-state index is 14.7. The summed E-state index contributed by atoms with van der Waals surface area (Å²) in [6.45, 7) is 11.7. The molecule has 3 aliphatic rings. The molecule has 10 nitrogen and oxygen atoms in total. The van der Waals surface area contributed by atoms with E-state index >= 15 is 0 Å². The van der Waals surface area contributed by atoms with Gasteiger partial charge in [-0.15, -0.1) is 13.2 Å². The van der Waals surface area contributed by atoms with E-state index in [1.807, 2.05) is 62.4 Å². The van der Waals surface area contributed by atoms with E-state index in [1.165, 1.54) is 4.90 Å². The van der Waals surface area contributed by atoms with Crippen molar-refractivity contribution in [1.29, 1.82) is 0 Å². The summed E-state index contributed by atoms with van der Waals surface area (Å²) >= 11 is 0. The number of aliphatic hydroxyl groups excluding tert-OH is 1. The summed E-state index contributed by atoms with van der Waals surface area (Å²) in [6, 6.07) is 13.9. The predicted octanol–water partition coefficient (Wildman–Crippen LogP) is 3.95. The van der Waals surface area contributed by atoms with Crippen molar-refractivity contribution in [3.63, 3.8) is 0 Å². The first kappa shape index (κ1) is 34.1. The van der Waals surface area contributed by atoms with Crippen LogP contribution in [0.15, 0.2) is 73.8 Å². The summed E-state index contributed by atoms with van der Waals surface area (Å²) in [5.74, 6) is -3.31. The number of rotatable bonds is 15. The number of carbonyl (C=O) groups is 4. The van der Waals surface area contributed by atoms with Gasteiger partial charge in [-0.2, -0.15) is 0 Å². The molecule has 3 aliphatic heterocycles. The zero-order valence-electron chi connectivity index (χ0n) is 27.2. The number of fused-ring (bicyclic) bond motifs is 1. The van der Waals surface area contributed by atoms with Gasteiger partial charge in [-0.05, 0) is 56.2 Å². The molecule has 2 bridgehead atoms. The second-order valence-electron chi connectivity index (χ2n) is 12.6. The van der Waals surface area contributed by atoms with Gasteiger partial charge in [-0.3, -0.25) is 19.2 Å². The molecule has 2 aromatic rings. The SMILES string of the molecule is C=CCCC(=O)NC[C@@H](OC(=O)[C@@H]1[C@@H]2CC[C@]3(O2)[C@H](C(=O)N(CC=C)c2c(C)cccc2C)N(CCCO)C(=O)[C@@H]13)c1ccccc1. The van der Waals surface area contributed by atoms with Gasteiger partial charge in [0.2, 0.25) is 11.8 Å². The monoisotopic (exact) mass is 643 g/mol. The minimum absolute atomic E-state index is 0.0593. The highest BCUT2D eigenvalue weighted by atomic mass is 16.6. The van der Waals surface area contributed by atoms with Crippen molar-refractivity contribution in [2.45, 2.75) is 69.8 Å². The standard InChI is InChI=1S/C37H45N3O7/c1-5-7-17-29(42)38-23-28(26-15-9-8-10-16-26)46-36(45)30-27-18-19-37(47-27)31(30)34(43)40(21-12-22-41)33(37)35(44)39(20-6-2)32-24(3)13-11-14-25(32)4/h5-6,8-11,13-16,27-28,30-31,33,41H,1-2,7,12,17-23H2,3-4H3,(H,38,42)/t27-,28+,30+,31+,33-,37+/m0/s1. The third kappa shape index (κ3) is 6.49. The molecule has 3 heterocycles. The molecule has 250 valence electrons. The van der Waals surface area contributed by atoms with Crippen molar-refractivity contribution in [2.24, 2.45) is 11.8 Å². The lowest BCUT2D eigenvalue weighted by atomic mass is 9.70. The Bertz CT molecular complexity index is 1490. The Labute approximate surface area is 276 Å². The Morgan fingerprint density at radius 1 is 1.13 bits per heavy atom. The van der Waals surface area contributed by atoms with Gasteiger partial charge in [-0.25, -0.2) is 0 Å². The summed E-state index contributed by atoms with van der Waals surface area (Å²) in [5, 5.41) is 12.6. The van der Waals surface area contributed by atoms with Crippen LogP contribution in [0.2, 0.25) is 0 Å². The van der Waals surface area contributed by atoms with Crippen molar-refractivity contribution in [3.05, 3.63) is 90.5 Å². The molecular formula is C37H45N3O7. The van der Waals surface area contributed by atoms with Gasteiger partial charge in [0.25, 0.3) is 5.91 Å². The normalized spacial score (nSPS) is 24.8. The van der Waals surface area contributed by atoms with Crippen molar-refractivity contribution in [3.8, 4) is 0 Å². The fourth-order valence-corrected chi connectivity index (χ4v) is 7.62. The minimum Gasteiger partial charge on any atom is -0.455 e. The van der Waals surface area contributed by atoms with Crippen LogP contribution in [0, 0.1) is 25.7 Å². The lowest BCUT2D eigenvalue weighted by Gasteiger charge is -2.37. The zero-order valence-corrected chi connectivity index (χ0v) is 27.2. The number of allylic oxidation sites excluding steroid dienone is 1. The first-order valence-electron chi connectivity index (χ1n) is 16.4. The molecule has 1 spiro atoms. The van der Waals surface area contributed by atoms with Crippen LogP contribution in [0.25, 0.3) is 0 Å². The Balaban J connectivity index is 1.46. The van der Waals surface area contributed by atoms with Crippen LogP contribution in [-0.2, 0) is 28.7 Å². The van der Waals surface area contributed by atoms with Gasteiger partial charge < -0.3 is 29.7 Å². The molecule has 3 saturated heterocycles. The molecule has 2 N–H and O–H groups in total. The number of nitrogens with one attached hydrogen (secondary N) is 1. The van der Waals surface area contributed by atoms with Crippen LogP contribution in [0.5, 0.6) is 0 Å². The Morgan fingerprint density at radius 3 is 2.51 bits per heavy atom. The fraction of sp³-hybridized carbons (Fsp3) is 0.459. The van der Waals surface area contributed by atoms with E-state index in [1.54, 1.807) is 17.1 Å². The Kier molecular flexibility index (Phi) is 10.6. The molecule has 0 saturated carbocycles. The molecule has 0 aliphatic carbocycles. The van der Waals surface area contributed by atoms with E-state index in [0.717, 1.165) is 16.8 Å². The fourth-order valence-electron chi connectivity index (χ4n) is 7.62. The molecule has 0 aromatic heterocycles. The highest BCUT2D eigenvalue weighted by molar-refractivity contribution is 6.05. The molecule has 47 heavy (non-hydrogen) atoms. The number of amides is 3. The minimum atomic E-state index is -1.23. The number of carbonyl (C=O) groups excluding carboxylic acids is 4. The van der Waals surface area contributed by atoms with Crippen molar-refractivity contribution in [2.75, 3.05) is 31.1 Å². The maximum absolute atomic E-state index is 14.7. The predicted molar refractivity (Wildman–Crippen MR) is 177 cm³/mol. The number of para-hydroxylation sites is 1. The smallest absolute Gasteiger partial charge is 0.313 e. The van der Waals surface area contributed by atoms with Crippen LogP contribution >= 0.6 is 0 Å². The molecule has 10 heteroatoms. The highest BCUT2D eigenvalue weighted by Gasteiger charge is 2.75. The number of hydrogen-bond donors (Lipinski definition) is 2. The number of ether oxygens (including phenoxy) is 2. The van der Waals surface area contributed by atoms with Gasteiger partial charge in [-0.1, -0.05) is 60.7 Å². The van der Waals surface area contributed by atoms with Gasteiger partial charge in [0.15, 0.2) is 0 Å². The molecule has 0 unspecified atom stereocenters. The summed E-state index contributed by atoms with van der Waals surface area (Å²) in [4.78, 5) is 58.7. The molecular weight excluding hydrogens is 598 g/mol. The van der Waals surface area contributed by atoms with Gasteiger partial charge >= 0.3 is 5.97 Å². The van der Waals surface area contributed by atoms with Crippen LogP contribution in [-0.4, -0.2) is 77.7 Å². The number of esters is 1. The van der Waals surface area contributed by atoms with E-state index in [9.17, 15) is 24.3 Å². The zero-order chi connectivity index (χ0) is 33.7. The van der Waals surface area contributed by atoms with Crippen LogP contribution in [0.1, 0.15) is 54.9 Å². The molecule has 0 radical (unpaired) electrons. The quantitative estimate of drug-likeness (QED) is 0.223. The van der Waals surface area contributed by atoms with E-state index in [-0.39, 0.29) is 56.8 Å². The largest absolute Gasteiger partial charge is 0.455 e. The Hall–Kier alpha value is -4.28. The number of nitrogens with zero attached hydrogens (tertiary/aromatic N) is 2. The van der Waals surface area contributed by atoms with E-state index in [0.29, 0.717) is 24.8 Å². The lowest BCUT2D eigenvalue weighted by Crippen LogP contribution is -2.56. The van der Waals surface area contributed by atoms with Crippen LogP contribution in [0.3, 0.4) is 0 Å². The molecule has 3 amide bonds. The molecule has 5 rings (SSSR count). The summed E-state index contributed by atoms with van der Waals surface area (Å²) in [7, 11) is 0. The van der Waals surface area contributed by atoms with Crippen molar-refractivity contribution in [1.82, 2.24) is 10.2 Å². The third-order valence-electron chi connectivity index (χ3n) is 9.64. The van der Waals surface area contributed by atoms with Crippen LogP contribution in [0.4, 0.5) is 5.69 Å². The topological polar surface area (TPSA) is 125 Å². The van der Waals surface area contributed by atoms with E-state index < -0.39 is 41.7 Å². The first-order valence-corrected chi connectivity index (χ1v) is 16.4. The number of likely N-dealkylation sites (tertiary alicyclic amines) is 1. The third-order valence-corrected chi connectivity index (χ3v) is 9.64. The first-order chi connectivity index (χ1) is 22.7. The number of benzene rings is 2. The second kappa shape index (κ2) is 14.6. The van der Waals surface area contributed by atoms with E-state index in [4.69, 9.17) is 9.47 Å². The number of hydrogen-bond acceptors (Lipinski definition) is 7. The Morgan fingerprint density at radius 2 is 1.85 bits per heavy atom. The molecule has 6 atom stereocenters. The number of aryl methyl sites for hydroxylation is 2. The average molecular weight is 644 g/mol. The average Bonchev–Trinajstić information content (AvgIpc) is 3.71. The summed E-state index contributed by atoms with van der Waals surface area (Å²) < 4.78 is 12.7. The second-order valence-corrected chi connectivity index (χ2v) is 12.6. The molecule has 3 fully saturated rings. The van der Waals surface area contributed by atoms with Crippen molar-refractivity contribution >= 4 is 29.4 Å².